The van der Waals surface area contributed by atoms with Crippen LogP contribution >= 0.6 is 23.4 Å². The lowest BCUT2D eigenvalue weighted by molar-refractivity contribution is 0.781. The number of hydrogen-bond donors (Lipinski definition) is 1. The van der Waals surface area contributed by atoms with Gasteiger partial charge in [-0.3, -0.25) is 0 Å². The predicted molar refractivity (Wildman–Crippen MR) is 64.0 cm³/mol. The van der Waals surface area contributed by atoms with E-state index in [0.717, 1.165) is 10.6 Å². The maximum Gasteiger partial charge on any atom is 0.0444 e. The second-order valence-corrected chi connectivity index (χ2v) is 5.18. The third-order valence-corrected chi connectivity index (χ3v) is 4.16. The summed E-state index contributed by atoms with van der Waals surface area (Å²) in [6.45, 7) is 0.569. The molecule has 1 atom stereocenters. The maximum atomic E-state index is 6.22. The van der Waals surface area contributed by atoms with E-state index >= 15 is 0 Å². The van der Waals surface area contributed by atoms with Crippen LogP contribution in [0.15, 0.2) is 18.2 Å². The minimum absolute atomic E-state index is 0.569. The van der Waals surface area contributed by atoms with Crippen molar-refractivity contribution in [2.45, 2.75) is 18.9 Å². The van der Waals surface area contributed by atoms with Crippen LogP contribution in [0.3, 0.4) is 0 Å². The summed E-state index contributed by atoms with van der Waals surface area (Å²) >= 11 is 8.24. The van der Waals surface area contributed by atoms with Gasteiger partial charge in [0.15, 0.2) is 0 Å². The zero-order valence-electron chi connectivity index (χ0n) is 8.00. The van der Waals surface area contributed by atoms with Crippen LogP contribution in [0.4, 0.5) is 0 Å². The Kier molecular flexibility index (Phi) is 3.37. The Morgan fingerprint density at radius 3 is 2.93 bits per heavy atom. The van der Waals surface area contributed by atoms with Gasteiger partial charge in [-0.05, 0) is 35.3 Å². The van der Waals surface area contributed by atoms with E-state index in [1.54, 1.807) is 0 Å². The molecule has 1 heterocycles. The van der Waals surface area contributed by atoms with E-state index in [2.05, 4.69) is 12.1 Å². The molecule has 2 rings (SSSR count). The summed E-state index contributed by atoms with van der Waals surface area (Å²) in [4.78, 5) is 0. The summed E-state index contributed by atoms with van der Waals surface area (Å²) in [5, 5.41) is 0.889. The van der Waals surface area contributed by atoms with Crippen molar-refractivity contribution in [3.8, 4) is 0 Å². The molecule has 0 aliphatic carbocycles. The summed E-state index contributed by atoms with van der Waals surface area (Å²) in [7, 11) is 0. The molecule has 1 aliphatic heterocycles. The highest BCUT2D eigenvalue weighted by Gasteiger charge is 2.19. The van der Waals surface area contributed by atoms with Crippen molar-refractivity contribution in [1.82, 2.24) is 0 Å². The molecule has 76 valence electrons. The third-order valence-electron chi connectivity index (χ3n) is 2.67. The van der Waals surface area contributed by atoms with Crippen LogP contribution in [0.25, 0.3) is 0 Å². The van der Waals surface area contributed by atoms with Gasteiger partial charge in [0, 0.05) is 17.3 Å². The van der Waals surface area contributed by atoms with Gasteiger partial charge in [-0.25, -0.2) is 0 Å². The predicted octanol–water partition coefficient (Wildman–Crippen LogP) is 3.02. The van der Waals surface area contributed by atoms with Crippen molar-refractivity contribution in [3.63, 3.8) is 0 Å². The standard InChI is InChI=1S/C11H14ClNS/c12-11-5-8(6-13)1-2-10(11)9-3-4-14-7-9/h1-2,5,9H,3-4,6-7,13H2. The summed E-state index contributed by atoms with van der Waals surface area (Å²) in [5.41, 5.74) is 7.97. The Bertz CT molecular complexity index is 321. The van der Waals surface area contributed by atoms with Gasteiger partial charge in [0.1, 0.15) is 0 Å². The first-order chi connectivity index (χ1) is 6.81. The number of nitrogens with two attached hydrogens (primary N) is 1. The molecule has 1 saturated heterocycles. The Morgan fingerprint density at radius 2 is 2.36 bits per heavy atom. The second kappa shape index (κ2) is 4.56. The van der Waals surface area contributed by atoms with Crippen molar-refractivity contribution in [2.75, 3.05) is 11.5 Å². The molecule has 0 bridgehead atoms. The van der Waals surface area contributed by atoms with Gasteiger partial charge in [0.05, 0.1) is 0 Å². The number of rotatable bonds is 2. The molecule has 1 aliphatic rings. The number of benzene rings is 1. The van der Waals surface area contributed by atoms with Gasteiger partial charge >= 0.3 is 0 Å². The first-order valence-corrected chi connectivity index (χ1v) is 6.40. The summed E-state index contributed by atoms with van der Waals surface area (Å²) in [6.07, 6.45) is 1.26. The fourth-order valence-corrected chi connectivity index (χ4v) is 3.41. The van der Waals surface area contributed by atoms with E-state index < -0.39 is 0 Å². The molecule has 1 fully saturated rings. The Hall–Kier alpha value is -0.180. The lowest BCUT2D eigenvalue weighted by Gasteiger charge is -2.11. The van der Waals surface area contributed by atoms with E-state index in [1.807, 2.05) is 17.8 Å². The van der Waals surface area contributed by atoms with Crippen molar-refractivity contribution in [2.24, 2.45) is 5.73 Å². The van der Waals surface area contributed by atoms with Gasteiger partial charge in [-0.1, -0.05) is 23.7 Å². The van der Waals surface area contributed by atoms with E-state index in [9.17, 15) is 0 Å². The molecule has 0 radical (unpaired) electrons. The first kappa shape index (κ1) is 10.3. The van der Waals surface area contributed by atoms with Crippen LogP contribution in [-0.4, -0.2) is 11.5 Å². The lowest BCUT2D eigenvalue weighted by atomic mass is 9.97. The van der Waals surface area contributed by atoms with Gasteiger partial charge in [0.2, 0.25) is 0 Å². The highest BCUT2D eigenvalue weighted by molar-refractivity contribution is 7.99. The van der Waals surface area contributed by atoms with Gasteiger partial charge < -0.3 is 5.73 Å². The van der Waals surface area contributed by atoms with Gasteiger partial charge in [-0.2, -0.15) is 11.8 Å². The average molecular weight is 228 g/mol. The molecule has 1 nitrogen and oxygen atoms in total. The van der Waals surface area contributed by atoms with Crippen molar-refractivity contribution < 1.29 is 0 Å². The third kappa shape index (κ3) is 2.08. The van der Waals surface area contributed by atoms with Crippen LogP contribution < -0.4 is 5.73 Å². The Balaban J connectivity index is 2.25. The maximum absolute atomic E-state index is 6.22. The lowest BCUT2D eigenvalue weighted by Crippen LogP contribution is -2.00. The van der Waals surface area contributed by atoms with E-state index in [1.165, 1.54) is 23.5 Å². The Labute approximate surface area is 94.0 Å². The quantitative estimate of drug-likeness (QED) is 0.841. The van der Waals surface area contributed by atoms with Crippen molar-refractivity contribution in [1.29, 1.82) is 0 Å². The van der Waals surface area contributed by atoms with Crippen molar-refractivity contribution >= 4 is 23.4 Å². The molecule has 3 heteroatoms. The first-order valence-electron chi connectivity index (χ1n) is 4.87. The van der Waals surface area contributed by atoms with Crippen LogP contribution in [0, 0.1) is 0 Å². The zero-order chi connectivity index (χ0) is 9.97. The molecule has 1 unspecified atom stereocenters. The number of halogens is 1. The molecule has 0 saturated carbocycles. The fourth-order valence-electron chi connectivity index (χ4n) is 1.81. The molecule has 0 aromatic heterocycles. The average Bonchev–Trinajstić information content (AvgIpc) is 2.70. The van der Waals surface area contributed by atoms with E-state index in [0.29, 0.717) is 12.5 Å². The van der Waals surface area contributed by atoms with Gasteiger partial charge in [-0.15, -0.1) is 0 Å². The summed E-state index contributed by atoms with van der Waals surface area (Å²) < 4.78 is 0. The van der Waals surface area contributed by atoms with Crippen LogP contribution in [0.2, 0.25) is 5.02 Å². The summed E-state index contributed by atoms with van der Waals surface area (Å²) in [5.74, 6) is 3.13. The fraction of sp³-hybridized carbons (Fsp3) is 0.455. The molecule has 0 amide bonds. The van der Waals surface area contributed by atoms with Crippen molar-refractivity contribution in [3.05, 3.63) is 34.3 Å². The summed E-state index contributed by atoms with van der Waals surface area (Å²) in [6, 6.07) is 6.23. The number of hydrogen-bond acceptors (Lipinski definition) is 2. The molecular formula is C11H14ClNS. The topological polar surface area (TPSA) is 26.0 Å². The van der Waals surface area contributed by atoms with Crippen LogP contribution in [0.5, 0.6) is 0 Å². The molecule has 14 heavy (non-hydrogen) atoms. The normalized spacial score (nSPS) is 21.4. The van der Waals surface area contributed by atoms with E-state index in [-0.39, 0.29) is 0 Å². The molecule has 0 spiro atoms. The highest BCUT2D eigenvalue weighted by atomic mass is 35.5. The minimum atomic E-state index is 0.569. The molecule has 2 N–H and O–H groups in total. The molecule has 1 aromatic carbocycles. The SMILES string of the molecule is NCc1ccc(C2CCSC2)c(Cl)c1. The highest BCUT2D eigenvalue weighted by Crippen LogP contribution is 2.36. The number of thioether (sulfide) groups is 1. The molecule has 1 aromatic rings. The van der Waals surface area contributed by atoms with E-state index in [4.69, 9.17) is 17.3 Å². The Morgan fingerprint density at radius 1 is 1.50 bits per heavy atom. The van der Waals surface area contributed by atoms with Crippen LogP contribution in [-0.2, 0) is 6.54 Å². The smallest absolute Gasteiger partial charge is 0.0444 e. The van der Waals surface area contributed by atoms with Crippen LogP contribution in [0.1, 0.15) is 23.5 Å². The minimum Gasteiger partial charge on any atom is -0.326 e. The monoisotopic (exact) mass is 227 g/mol. The largest absolute Gasteiger partial charge is 0.326 e. The molecular weight excluding hydrogens is 214 g/mol. The second-order valence-electron chi connectivity index (χ2n) is 3.62. The zero-order valence-corrected chi connectivity index (χ0v) is 9.57. The van der Waals surface area contributed by atoms with Gasteiger partial charge in [0.25, 0.3) is 0 Å².